The summed E-state index contributed by atoms with van der Waals surface area (Å²) in [6.45, 7) is 0.984. The van der Waals surface area contributed by atoms with E-state index in [1.807, 2.05) is 12.1 Å². The van der Waals surface area contributed by atoms with Crippen LogP contribution < -0.4 is 11.1 Å². The number of nitrogens with zero attached hydrogens (tertiary/aromatic N) is 1. The number of nitrogens with two attached hydrogens (primary N) is 1. The molecular weight excluding hydrogens is 198 g/mol. The van der Waals surface area contributed by atoms with Crippen LogP contribution in [0.1, 0.15) is 38.5 Å². The maximum absolute atomic E-state index is 5.80. The van der Waals surface area contributed by atoms with Crippen molar-refractivity contribution in [2.75, 3.05) is 17.6 Å². The minimum Gasteiger partial charge on any atom is -0.396 e. The first-order valence-electron chi connectivity index (χ1n) is 6.30. The summed E-state index contributed by atoms with van der Waals surface area (Å²) >= 11 is 0. The van der Waals surface area contributed by atoms with Crippen LogP contribution >= 0.6 is 0 Å². The van der Waals surface area contributed by atoms with Crippen molar-refractivity contribution in [3.63, 3.8) is 0 Å². The highest BCUT2D eigenvalue weighted by Crippen LogP contribution is 2.28. The van der Waals surface area contributed by atoms with Gasteiger partial charge in [-0.3, -0.25) is 0 Å². The number of hydrogen-bond donors (Lipinski definition) is 2. The Bertz CT molecular complexity index is 319. The number of pyridine rings is 1. The molecule has 0 atom stereocenters. The minimum absolute atomic E-state index is 0.739. The summed E-state index contributed by atoms with van der Waals surface area (Å²) in [5.41, 5.74) is 6.54. The smallest absolute Gasteiger partial charge is 0.149 e. The van der Waals surface area contributed by atoms with Crippen LogP contribution in [0.15, 0.2) is 18.3 Å². The molecule has 0 bridgehead atoms. The van der Waals surface area contributed by atoms with Crippen molar-refractivity contribution < 1.29 is 0 Å². The summed E-state index contributed by atoms with van der Waals surface area (Å²) in [4.78, 5) is 4.21. The Hall–Kier alpha value is -1.25. The van der Waals surface area contributed by atoms with Crippen molar-refractivity contribution in [2.24, 2.45) is 5.92 Å². The molecule has 3 N–H and O–H groups in total. The fraction of sp³-hybridized carbons (Fsp3) is 0.615. The molecule has 1 aliphatic carbocycles. The molecule has 1 aliphatic rings. The van der Waals surface area contributed by atoms with Crippen molar-refractivity contribution in [1.82, 2.24) is 4.98 Å². The van der Waals surface area contributed by atoms with E-state index in [2.05, 4.69) is 10.3 Å². The normalized spacial score (nSPS) is 16.5. The van der Waals surface area contributed by atoms with Crippen LogP contribution in [0.25, 0.3) is 0 Å². The Morgan fingerprint density at radius 3 is 2.94 bits per heavy atom. The Morgan fingerprint density at radius 2 is 2.19 bits per heavy atom. The average molecular weight is 219 g/mol. The molecule has 88 valence electrons. The van der Waals surface area contributed by atoms with Crippen molar-refractivity contribution in [3.05, 3.63) is 18.3 Å². The maximum Gasteiger partial charge on any atom is 0.149 e. The van der Waals surface area contributed by atoms with E-state index >= 15 is 0 Å². The molecule has 0 aliphatic heterocycles. The molecule has 2 rings (SSSR count). The predicted molar refractivity (Wildman–Crippen MR) is 68.3 cm³/mol. The Kier molecular flexibility index (Phi) is 4.03. The molecule has 1 heterocycles. The van der Waals surface area contributed by atoms with Gasteiger partial charge in [-0.25, -0.2) is 4.98 Å². The lowest BCUT2D eigenvalue weighted by atomic mass is 10.0. The van der Waals surface area contributed by atoms with Crippen molar-refractivity contribution >= 4 is 11.5 Å². The largest absolute Gasteiger partial charge is 0.396 e. The Morgan fingerprint density at radius 1 is 1.38 bits per heavy atom. The van der Waals surface area contributed by atoms with Gasteiger partial charge in [0.2, 0.25) is 0 Å². The summed E-state index contributed by atoms with van der Waals surface area (Å²) < 4.78 is 0. The molecule has 0 unspecified atom stereocenters. The standard InChI is InChI=1S/C13H21N3/c14-12-8-4-10-16-13(12)15-9-3-7-11-5-1-2-6-11/h4,8,10-11H,1-3,5-7,9,14H2,(H,15,16). The predicted octanol–water partition coefficient (Wildman–Crippen LogP) is 3.05. The molecule has 0 spiro atoms. The van der Waals surface area contributed by atoms with E-state index in [9.17, 15) is 0 Å². The van der Waals surface area contributed by atoms with Gasteiger partial charge in [0.1, 0.15) is 5.82 Å². The molecule has 3 nitrogen and oxygen atoms in total. The SMILES string of the molecule is Nc1cccnc1NCCCC1CCCC1. The van der Waals surface area contributed by atoms with Gasteiger partial charge >= 0.3 is 0 Å². The summed E-state index contributed by atoms with van der Waals surface area (Å²) in [6.07, 6.45) is 10.1. The van der Waals surface area contributed by atoms with Crippen LogP contribution in [-0.2, 0) is 0 Å². The van der Waals surface area contributed by atoms with Crippen LogP contribution in [0, 0.1) is 5.92 Å². The van der Waals surface area contributed by atoms with Gasteiger partial charge < -0.3 is 11.1 Å². The third-order valence-corrected chi connectivity index (χ3v) is 3.40. The molecule has 1 fully saturated rings. The first-order valence-corrected chi connectivity index (χ1v) is 6.30. The zero-order chi connectivity index (χ0) is 11.2. The lowest BCUT2D eigenvalue weighted by molar-refractivity contribution is 0.491. The second-order valence-electron chi connectivity index (χ2n) is 4.66. The third kappa shape index (κ3) is 3.12. The minimum atomic E-state index is 0.739. The van der Waals surface area contributed by atoms with Gasteiger partial charge in [-0.05, 0) is 30.9 Å². The molecule has 0 aromatic carbocycles. The molecule has 16 heavy (non-hydrogen) atoms. The second-order valence-corrected chi connectivity index (χ2v) is 4.66. The van der Waals surface area contributed by atoms with Crippen molar-refractivity contribution in [1.29, 1.82) is 0 Å². The third-order valence-electron chi connectivity index (χ3n) is 3.40. The van der Waals surface area contributed by atoms with Gasteiger partial charge in [-0.1, -0.05) is 25.7 Å². The number of hydrogen-bond acceptors (Lipinski definition) is 3. The molecule has 0 radical (unpaired) electrons. The van der Waals surface area contributed by atoms with E-state index in [0.717, 1.165) is 24.0 Å². The van der Waals surface area contributed by atoms with E-state index in [1.165, 1.54) is 38.5 Å². The molecule has 3 heteroatoms. The first-order chi connectivity index (χ1) is 7.86. The van der Waals surface area contributed by atoms with Gasteiger partial charge in [0.05, 0.1) is 5.69 Å². The summed E-state index contributed by atoms with van der Waals surface area (Å²) in [7, 11) is 0. The van der Waals surface area contributed by atoms with E-state index in [-0.39, 0.29) is 0 Å². The second kappa shape index (κ2) is 5.73. The van der Waals surface area contributed by atoms with Crippen LogP contribution in [0.3, 0.4) is 0 Å². The highest BCUT2D eigenvalue weighted by atomic mass is 15.0. The lowest BCUT2D eigenvalue weighted by Crippen LogP contribution is -2.07. The zero-order valence-electron chi connectivity index (χ0n) is 9.78. The van der Waals surface area contributed by atoms with Gasteiger partial charge in [0.15, 0.2) is 0 Å². The quantitative estimate of drug-likeness (QED) is 0.748. The van der Waals surface area contributed by atoms with Gasteiger partial charge in [-0.15, -0.1) is 0 Å². The van der Waals surface area contributed by atoms with E-state index in [0.29, 0.717) is 0 Å². The van der Waals surface area contributed by atoms with Gasteiger partial charge in [-0.2, -0.15) is 0 Å². The summed E-state index contributed by atoms with van der Waals surface area (Å²) in [5.74, 6) is 1.80. The van der Waals surface area contributed by atoms with Crippen molar-refractivity contribution in [2.45, 2.75) is 38.5 Å². The molecule has 1 saturated carbocycles. The van der Waals surface area contributed by atoms with Crippen LogP contribution in [0.5, 0.6) is 0 Å². The monoisotopic (exact) mass is 219 g/mol. The first kappa shape index (κ1) is 11.2. The van der Waals surface area contributed by atoms with Crippen molar-refractivity contribution in [3.8, 4) is 0 Å². The van der Waals surface area contributed by atoms with Crippen LogP contribution in [0.2, 0.25) is 0 Å². The van der Waals surface area contributed by atoms with E-state index < -0.39 is 0 Å². The zero-order valence-corrected chi connectivity index (χ0v) is 9.78. The number of nitrogen functional groups attached to an aromatic ring is 1. The summed E-state index contributed by atoms with van der Waals surface area (Å²) in [5, 5.41) is 3.30. The summed E-state index contributed by atoms with van der Waals surface area (Å²) in [6, 6.07) is 3.74. The van der Waals surface area contributed by atoms with Gasteiger partial charge in [0.25, 0.3) is 0 Å². The molecule has 0 saturated heterocycles. The maximum atomic E-state index is 5.80. The molecule has 1 aromatic heterocycles. The molecular formula is C13H21N3. The highest BCUT2D eigenvalue weighted by molar-refractivity contribution is 5.60. The average Bonchev–Trinajstić information content (AvgIpc) is 2.79. The fourth-order valence-corrected chi connectivity index (χ4v) is 2.46. The Labute approximate surface area is 97.5 Å². The van der Waals surface area contributed by atoms with E-state index in [1.54, 1.807) is 6.20 Å². The fourth-order valence-electron chi connectivity index (χ4n) is 2.46. The number of rotatable bonds is 5. The molecule has 0 amide bonds. The number of aromatic nitrogens is 1. The number of nitrogens with one attached hydrogen (secondary N) is 1. The van der Waals surface area contributed by atoms with Crippen LogP contribution in [-0.4, -0.2) is 11.5 Å². The van der Waals surface area contributed by atoms with E-state index in [4.69, 9.17) is 5.73 Å². The number of anilines is 2. The lowest BCUT2D eigenvalue weighted by Gasteiger charge is -2.10. The molecule has 1 aromatic rings. The highest BCUT2D eigenvalue weighted by Gasteiger charge is 2.13. The topological polar surface area (TPSA) is 50.9 Å². The van der Waals surface area contributed by atoms with Crippen LogP contribution in [0.4, 0.5) is 11.5 Å². The Balaban J connectivity index is 1.66. The van der Waals surface area contributed by atoms with Gasteiger partial charge in [0, 0.05) is 12.7 Å².